The maximum atomic E-state index is 12.9. The van der Waals surface area contributed by atoms with Crippen LogP contribution in [-0.2, 0) is 32.7 Å². The summed E-state index contributed by atoms with van der Waals surface area (Å²) in [5.74, 6) is -0.842. The molecule has 0 spiro atoms. The summed E-state index contributed by atoms with van der Waals surface area (Å²) in [5.41, 5.74) is 0. The molecule has 0 aliphatic heterocycles. The van der Waals surface area contributed by atoms with Gasteiger partial charge in [0.15, 0.2) is 6.10 Å². The van der Waals surface area contributed by atoms with Gasteiger partial charge in [-0.2, -0.15) is 0 Å². The zero-order chi connectivity index (χ0) is 64.8. The predicted octanol–water partition coefficient (Wildman–Crippen LogP) is 23.4. The van der Waals surface area contributed by atoms with Gasteiger partial charge in [0.1, 0.15) is 19.8 Å². The van der Waals surface area contributed by atoms with E-state index in [1.54, 1.807) is 0 Å². The number of rotatable bonds is 66. The number of hydrogen-bond donors (Lipinski definition) is 0. The van der Waals surface area contributed by atoms with Crippen molar-refractivity contribution in [3.05, 3.63) is 134 Å². The van der Waals surface area contributed by atoms with Crippen LogP contribution in [0.2, 0.25) is 0 Å². The summed E-state index contributed by atoms with van der Waals surface area (Å²) < 4.78 is 34.3. The number of hydrogen-bond acceptors (Lipinski definition) is 8. The first-order valence-electron chi connectivity index (χ1n) is 36.4. The Bertz CT molecular complexity index is 1970. The van der Waals surface area contributed by atoms with E-state index in [2.05, 4.69) is 148 Å². The highest BCUT2D eigenvalue weighted by Gasteiger charge is 2.22. The van der Waals surface area contributed by atoms with Crippen LogP contribution in [0.25, 0.3) is 0 Å². The third-order valence-electron chi connectivity index (χ3n) is 15.4. The number of carbonyl (C=O) groups excluding carboxylic acids is 2. The fourth-order valence-electron chi connectivity index (χ4n) is 9.90. The molecule has 0 rings (SSSR count). The normalized spacial score (nSPS) is 13.9. The van der Waals surface area contributed by atoms with E-state index in [9.17, 15) is 19.0 Å². The van der Waals surface area contributed by atoms with Gasteiger partial charge in [-0.3, -0.25) is 14.2 Å². The summed E-state index contributed by atoms with van der Waals surface area (Å²) in [5, 5.41) is 0. The highest BCUT2D eigenvalue weighted by atomic mass is 31.2. The molecule has 0 saturated heterocycles. The van der Waals surface area contributed by atoms with Gasteiger partial charge in [0.25, 0.3) is 7.82 Å². The van der Waals surface area contributed by atoms with Crippen molar-refractivity contribution in [2.24, 2.45) is 0 Å². The minimum atomic E-state index is -4.65. The minimum absolute atomic E-state index is 0.0376. The number of nitrogens with zero attached hydrogens (tertiary/aromatic N) is 1. The van der Waals surface area contributed by atoms with Gasteiger partial charge in [0.05, 0.1) is 27.7 Å². The Kier molecular flexibility index (Phi) is 65.6. The second-order valence-electron chi connectivity index (χ2n) is 25.2. The van der Waals surface area contributed by atoms with Crippen LogP contribution in [0.3, 0.4) is 0 Å². The molecule has 0 amide bonds. The first kappa shape index (κ1) is 85.2. The number of allylic oxidation sites excluding steroid dienone is 22. The second-order valence-corrected chi connectivity index (χ2v) is 26.6. The molecule has 0 radical (unpaired) electrons. The van der Waals surface area contributed by atoms with Crippen molar-refractivity contribution in [2.75, 3.05) is 47.5 Å². The van der Waals surface area contributed by atoms with E-state index in [-0.39, 0.29) is 32.0 Å². The van der Waals surface area contributed by atoms with Crippen LogP contribution in [-0.4, -0.2) is 70.0 Å². The topological polar surface area (TPSA) is 111 Å². The molecule has 89 heavy (non-hydrogen) atoms. The molecule has 2 atom stereocenters. The zero-order valence-electron chi connectivity index (χ0n) is 58.1. The Labute approximate surface area is 549 Å². The first-order valence-corrected chi connectivity index (χ1v) is 37.9. The molecule has 0 fully saturated rings. The maximum Gasteiger partial charge on any atom is 0.306 e. The van der Waals surface area contributed by atoms with E-state index < -0.39 is 26.5 Å². The molecule has 510 valence electrons. The van der Waals surface area contributed by atoms with E-state index in [4.69, 9.17) is 18.5 Å². The maximum absolute atomic E-state index is 12.9. The van der Waals surface area contributed by atoms with Gasteiger partial charge in [-0.25, -0.2) is 0 Å². The van der Waals surface area contributed by atoms with Crippen molar-refractivity contribution in [3.63, 3.8) is 0 Å². The molecule has 0 bridgehead atoms. The number of unbranched alkanes of at least 4 members (excludes halogenated alkanes) is 30. The first-order chi connectivity index (χ1) is 43.5. The number of carbonyl (C=O) groups is 2. The van der Waals surface area contributed by atoms with Crippen molar-refractivity contribution < 1.29 is 42.1 Å². The summed E-state index contributed by atoms with van der Waals surface area (Å²) in [6.45, 7) is 4.14. The zero-order valence-corrected chi connectivity index (χ0v) is 59.0. The molecule has 0 aromatic rings. The van der Waals surface area contributed by atoms with Crippen molar-refractivity contribution in [3.8, 4) is 0 Å². The second kappa shape index (κ2) is 68.5. The van der Waals surface area contributed by atoms with Crippen LogP contribution in [0.15, 0.2) is 134 Å². The Morgan fingerprint density at radius 1 is 0.360 bits per heavy atom. The van der Waals surface area contributed by atoms with Gasteiger partial charge in [-0.1, -0.05) is 327 Å². The highest BCUT2D eigenvalue weighted by Crippen LogP contribution is 2.38. The van der Waals surface area contributed by atoms with E-state index in [0.717, 1.165) is 122 Å². The number of ether oxygens (including phenoxy) is 2. The summed E-state index contributed by atoms with van der Waals surface area (Å²) in [7, 11) is 1.15. The van der Waals surface area contributed by atoms with Crippen LogP contribution < -0.4 is 4.89 Å². The number of phosphoric acid groups is 1. The number of esters is 2. The molecular weight excluding hydrogens is 1120 g/mol. The number of likely N-dealkylation sites (N-methyl/N-ethyl adjacent to an activating group) is 1. The summed E-state index contributed by atoms with van der Waals surface area (Å²) >= 11 is 0. The largest absolute Gasteiger partial charge is 0.756 e. The van der Waals surface area contributed by atoms with Crippen molar-refractivity contribution in [1.29, 1.82) is 0 Å². The van der Waals surface area contributed by atoms with Crippen molar-refractivity contribution in [1.82, 2.24) is 0 Å². The van der Waals surface area contributed by atoms with Gasteiger partial charge in [-0.05, 0) is 96.3 Å². The van der Waals surface area contributed by atoms with Crippen LogP contribution in [0.1, 0.15) is 303 Å². The lowest BCUT2D eigenvalue weighted by molar-refractivity contribution is -0.870. The number of phosphoric ester groups is 1. The SMILES string of the molecule is CC/C=C\C/C=C\C/C=C\C/C=C\C/C=C\C/C=C\C/C=C\C/C=C\C/C=C\C/C=C\C/C=C\CCCCCCCCCC(=O)OC(COC(=O)CCCCCCCCCCCCCCCCCCCCCCCCCC)COP(=O)([O-])OCC[N+](C)(C)C. The summed E-state index contributed by atoms with van der Waals surface area (Å²) in [6, 6.07) is 0. The Balaban J connectivity index is 4.10. The average molecular weight is 1260 g/mol. The summed E-state index contributed by atoms with van der Waals surface area (Å²) in [6.07, 6.45) is 99.6. The van der Waals surface area contributed by atoms with Crippen LogP contribution in [0, 0.1) is 0 Å². The fourth-order valence-corrected chi connectivity index (χ4v) is 10.6. The molecule has 0 saturated carbocycles. The van der Waals surface area contributed by atoms with Gasteiger partial charge in [0, 0.05) is 12.8 Å². The fraction of sp³-hybridized carbons (Fsp3) is 0.696. The molecule has 0 heterocycles. The van der Waals surface area contributed by atoms with E-state index >= 15 is 0 Å². The van der Waals surface area contributed by atoms with Crippen molar-refractivity contribution >= 4 is 19.8 Å². The third kappa shape index (κ3) is 73.1. The van der Waals surface area contributed by atoms with Gasteiger partial charge >= 0.3 is 11.9 Å². The predicted molar refractivity (Wildman–Crippen MR) is 383 cm³/mol. The average Bonchev–Trinajstić information content (AvgIpc) is 3.60. The third-order valence-corrected chi connectivity index (χ3v) is 16.4. The molecule has 0 aliphatic rings. The lowest BCUT2D eigenvalue weighted by Gasteiger charge is -2.28. The molecular formula is C79H136NO8P. The molecule has 0 N–H and O–H groups in total. The van der Waals surface area contributed by atoms with Gasteiger partial charge in [0.2, 0.25) is 0 Å². The Hall–Kier alpha value is -3.85. The van der Waals surface area contributed by atoms with Crippen LogP contribution >= 0.6 is 7.82 Å². The molecule has 10 heteroatoms. The highest BCUT2D eigenvalue weighted by molar-refractivity contribution is 7.45. The van der Waals surface area contributed by atoms with Crippen molar-refractivity contribution in [2.45, 2.75) is 309 Å². The monoisotopic (exact) mass is 1260 g/mol. The Morgan fingerprint density at radius 2 is 0.640 bits per heavy atom. The lowest BCUT2D eigenvalue weighted by atomic mass is 10.0. The smallest absolute Gasteiger partial charge is 0.306 e. The number of quaternary nitrogens is 1. The molecule has 0 aromatic carbocycles. The van der Waals surface area contributed by atoms with Gasteiger partial charge in [-0.15, -0.1) is 0 Å². The molecule has 2 unspecified atom stereocenters. The van der Waals surface area contributed by atoms with E-state index in [1.165, 1.54) is 148 Å². The molecule has 0 aliphatic carbocycles. The molecule has 0 aromatic heterocycles. The standard InChI is InChI=1S/C79H136NO8P/c1-6-8-10-12-14-16-18-20-22-24-26-28-30-32-33-34-35-36-37-38-39-40-41-42-43-44-45-46-47-48-50-52-54-56-58-60-62-64-66-68-70-72-79(82)88-77(76-87-89(83,84)86-74-73-80(3,4)5)75-85-78(81)71-69-67-65-63-61-59-57-55-53-51-49-31-29-27-25-23-21-19-17-15-13-11-9-7-2/h8,10,14,16,20,22,26,28,32-33,35-36,38-39,41-42,44-45,47-48,52,54,77H,6-7,9,11-13,15,17-19,21,23-25,27,29-31,34,37,40,43,46,49-51,53,55-76H2,1-5H3/b10-8-,16-14-,22-20-,28-26-,33-32-,36-35-,39-38-,42-41-,45-44-,48-47-,54-52-. The Morgan fingerprint density at radius 3 is 0.955 bits per heavy atom. The van der Waals surface area contributed by atoms with Crippen LogP contribution in [0.4, 0.5) is 0 Å². The summed E-state index contributed by atoms with van der Waals surface area (Å²) in [4.78, 5) is 38.1. The van der Waals surface area contributed by atoms with E-state index in [0.29, 0.717) is 17.4 Å². The minimum Gasteiger partial charge on any atom is -0.756 e. The van der Waals surface area contributed by atoms with E-state index in [1.807, 2.05) is 21.1 Å². The quantitative estimate of drug-likeness (QED) is 0.0195. The van der Waals surface area contributed by atoms with Gasteiger partial charge < -0.3 is 27.9 Å². The lowest BCUT2D eigenvalue weighted by Crippen LogP contribution is -2.37. The molecule has 9 nitrogen and oxygen atoms in total. The van der Waals surface area contributed by atoms with Crippen LogP contribution in [0.5, 0.6) is 0 Å².